The fourth-order valence-corrected chi connectivity index (χ4v) is 1.65. The van der Waals surface area contributed by atoms with Gasteiger partial charge in [0.25, 0.3) is 0 Å². The van der Waals surface area contributed by atoms with Crippen LogP contribution in [0.15, 0.2) is 24.3 Å². The van der Waals surface area contributed by atoms with Gasteiger partial charge in [0, 0.05) is 0 Å². The first-order chi connectivity index (χ1) is 7.93. The molecule has 4 nitrogen and oxygen atoms in total. The smallest absolute Gasteiger partial charge is 0.345 e. The van der Waals surface area contributed by atoms with Gasteiger partial charge in [-0.15, -0.1) is 0 Å². The van der Waals surface area contributed by atoms with E-state index >= 15 is 0 Å². The summed E-state index contributed by atoms with van der Waals surface area (Å²) in [6.07, 6.45) is -1.39. The molecule has 0 aliphatic heterocycles. The number of carbonyl (C=O) groups excluding carboxylic acids is 1. The van der Waals surface area contributed by atoms with Gasteiger partial charge in [-0.2, -0.15) is 0 Å². The number of methoxy groups -OCH3 is 2. The second kappa shape index (κ2) is 5.58. The number of halogens is 2. The van der Waals surface area contributed by atoms with E-state index in [-0.39, 0.29) is 0 Å². The average Bonchev–Trinajstić information content (AvgIpc) is 2.36. The third-order valence-electron chi connectivity index (χ3n) is 2.23. The predicted octanol–water partition coefficient (Wildman–Crippen LogP) is 2.08. The van der Waals surface area contributed by atoms with Crippen molar-refractivity contribution in [2.75, 3.05) is 14.2 Å². The molecular formula is C11H12Cl2O4. The topological polar surface area (TPSA) is 55.8 Å². The van der Waals surface area contributed by atoms with Gasteiger partial charge in [-0.3, -0.25) is 0 Å². The van der Waals surface area contributed by atoms with Gasteiger partial charge in [0.05, 0.1) is 14.2 Å². The Morgan fingerprint density at radius 2 is 1.82 bits per heavy atom. The van der Waals surface area contributed by atoms with Crippen molar-refractivity contribution in [2.24, 2.45) is 0 Å². The molecule has 1 rings (SSSR count). The minimum absolute atomic E-state index is 0.390. The van der Waals surface area contributed by atoms with Crippen molar-refractivity contribution >= 4 is 29.2 Å². The van der Waals surface area contributed by atoms with Gasteiger partial charge in [0.15, 0.2) is 0 Å². The number of aliphatic hydroxyl groups excluding tert-OH is 1. The van der Waals surface area contributed by atoms with E-state index in [1.54, 1.807) is 24.3 Å². The molecule has 0 heterocycles. The quantitative estimate of drug-likeness (QED) is 0.677. The van der Waals surface area contributed by atoms with E-state index in [0.717, 1.165) is 7.11 Å². The summed E-state index contributed by atoms with van der Waals surface area (Å²) in [6, 6.07) is 6.37. The molecule has 0 bridgehead atoms. The molecule has 0 saturated carbocycles. The second-order valence-corrected chi connectivity index (χ2v) is 4.68. The first-order valence-corrected chi connectivity index (χ1v) is 5.47. The van der Waals surface area contributed by atoms with Crippen LogP contribution in [0, 0.1) is 0 Å². The summed E-state index contributed by atoms with van der Waals surface area (Å²) in [6.45, 7) is 0. The Hall–Kier alpha value is -0.970. The first-order valence-electron chi connectivity index (χ1n) is 4.71. The summed E-state index contributed by atoms with van der Waals surface area (Å²) < 4.78 is 7.34. The molecule has 0 radical (unpaired) electrons. The highest BCUT2D eigenvalue weighted by Gasteiger charge is 2.43. The zero-order valence-corrected chi connectivity index (χ0v) is 10.8. The van der Waals surface area contributed by atoms with Crippen molar-refractivity contribution in [1.82, 2.24) is 0 Å². The van der Waals surface area contributed by atoms with Crippen LogP contribution >= 0.6 is 23.2 Å². The third-order valence-corrected chi connectivity index (χ3v) is 2.95. The number of esters is 1. The van der Waals surface area contributed by atoms with Gasteiger partial charge < -0.3 is 14.6 Å². The van der Waals surface area contributed by atoms with Gasteiger partial charge in [-0.1, -0.05) is 35.3 Å². The Labute approximate surface area is 109 Å². The highest BCUT2D eigenvalue weighted by Crippen LogP contribution is 2.37. The van der Waals surface area contributed by atoms with Gasteiger partial charge in [0.1, 0.15) is 11.9 Å². The van der Waals surface area contributed by atoms with Gasteiger partial charge in [-0.25, -0.2) is 4.79 Å². The second-order valence-electron chi connectivity index (χ2n) is 3.29. The zero-order chi connectivity index (χ0) is 13.1. The van der Waals surface area contributed by atoms with Crippen molar-refractivity contribution in [3.05, 3.63) is 29.8 Å². The highest BCUT2D eigenvalue weighted by atomic mass is 35.5. The van der Waals surface area contributed by atoms with E-state index in [1.165, 1.54) is 7.11 Å². The highest BCUT2D eigenvalue weighted by molar-refractivity contribution is 6.58. The molecule has 1 atom stereocenters. The van der Waals surface area contributed by atoms with Crippen molar-refractivity contribution in [3.8, 4) is 5.75 Å². The Morgan fingerprint density at radius 1 is 1.29 bits per heavy atom. The molecule has 0 fully saturated rings. The number of hydrogen-bond acceptors (Lipinski definition) is 4. The lowest BCUT2D eigenvalue weighted by molar-refractivity contribution is -0.144. The number of carbonyl (C=O) groups is 1. The number of aliphatic hydroxyl groups is 1. The first kappa shape index (κ1) is 14.1. The standard InChI is InChI=1S/C11H12Cl2O4/c1-16-8-5-3-7(4-6-8)9(14)11(12,13)10(15)17-2/h3-6,9,14H,1-2H3. The molecule has 1 aromatic carbocycles. The maximum atomic E-state index is 11.3. The Morgan fingerprint density at radius 3 is 2.24 bits per heavy atom. The maximum absolute atomic E-state index is 11.3. The van der Waals surface area contributed by atoms with E-state index < -0.39 is 16.4 Å². The fraction of sp³-hybridized carbons (Fsp3) is 0.364. The van der Waals surface area contributed by atoms with Crippen LogP contribution in [0.2, 0.25) is 0 Å². The molecule has 1 unspecified atom stereocenters. The van der Waals surface area contributed by atoms with Crippen LogP contribution < -0.4 is 4.74 Å². The van der Waals surface area contributed by atoms with Crippen LogP contribution in [-0.2, 0) is 9.53 Å². The number of ether oxygens (including phenoxy) is 2. The molecule has 1 aromatic rings. The summed E-state index contributed by atoms with van der Waals surface area (Å²) in [4.78, 5) is 11.3. The number of alkyl halides is 2. The molecule has 0 spiro atoms. The molecule has 6 heteroatoms. The third kappa shape index (κ3) is 3.03. The summed E-state index contributed by atoms with van der Waals surface area (Å²) in [5, 5.41) is 9.91. The molecule has 0 aliphatic carbocycles. The van der Waals surface area contributed by atoms with E-state index in [0.29, 0.717) is 11.3 Å². The van der Waals surface area contributed by atoms with Gasteiger partial charge in [-0.05, 0) is 17.7 Å². The maximum Gasteiger partial charge on any atom is 0.345 e. The van der Waals surface area contributed by atoms with E-state index in [4.69, 9.17) is 27.9 Å². The monoisotopic (exact) mass is 278 g/mol. The van der Waals surface area contributed by atoms with Crippen molar-refractivity contribution in [2.45, 2.75) is 10.4 Å². The van der Waals surface area contributed by atoms with Crippen LogP contribution in [0.3, 0.4) is 0 Å². The largest absolute Gasteiger partial charge is 0.497 e. The number of benzene rings is 1. The van der Waals surface area contributed by atoms with Crippen LogP contribution in [-0.4, -0.2) is 29.6 Å². The number of hydrogen-bond donors (Lipinski definition) is 1. The van der Waals surface area contributed by atoms with Gasteiger partial charge >= 0.3 is 5.97 Å². The normalized spacial score (nSPS) is 13.0. The molecule has 17 heavy (non-hydrogen) atoms. The minimum Gasteiger partial charge on any atom is -0.497 e. The predicted molar refractivity (Wildman–Crippen MR) is 64.4 cm³/mol. The molecule has 0 aliphatic rings. The summed E-state index contributed by atoms with van der Waals surface area (Å²) in [5.74, 6) is -0.294. The SMILES string of the molecule is COC(=O)C(Cl)(Cl)C(O)c1ccc(OC)cc1. The summed E-state index contributed by atoms with van der Waals surface area (Å²) in [7, 11) is 2.66. The zero-order valence-electron chi connectivity index (χ0n) is 9.31. The molecule has 0 saturated heterocycles. The van der Waals surface area contributed by atoms with Crippen molar-refractivity contribution in [1.29, 1.82) is 0 Å². The van der Waals surface area contributed by atoms with Gasteiger partial charge in [0.2, 0.25) is 4.33 Å². The Bertz CT molecular complexity index is 389. The van der Waals surface area contributed by atoms with Crippen LogP contribution in [0.4, 0.5) is 0 Å². The molecule has 0 aromatic heterocycles. The molecule has 94 valence electrons. The van der Waals surface area contributed by atoms with Crippen LogP contribution in [0.5, 0.6) is 5.75 Å². The van der Waals surface area contributed by atoms with Crippen molar-refractivity contribution in [3.63, 3.8) is 0 Å². The van der Waals surface area contributed by atoms with E-state index in [1.807, 2.05) is 0 Å². The fourth-order valence-electron chi connectivity index (χ4n) is 1.24. The van der Waals surface area contributed by atoms with Crippen molar-refractivity contribution < 1.29 is 19.4 Å². The van der Waals surface area contributed by atoms with Crippen LogP contribution in [0.1, 0.15) is 11.7 Å². The lowest BCUT2D eigenvalue weighted by Crippen LogP contribution is -2.34. The Balaban J connectivity index is 2.95. The molecular weight excluding hydrogens is 267 g/mol. The lowest BCUT2D eigenvalue weighted by Gasteiger charge is -2.23. The summed E-state index contributed by atoms with van der Waals surface area (Å²) >= 11 is 11.5. The Kier molecular flexibility index (Phi) is 4.62. The molecule has 0 amide bonds. The summed E-state index contributed by atoms with van der Waals surface area (Å²) in [5.41, 5.74) is 0.390. The molecule has 1 N–H and O–H groups in total. The average molecular weight is 279 g/mol. The van der Waals surface area contributed by atoms with E-state index in [9.17, 15) is 9.90 Å². The van der Waals surface area contributed by atoms with Crippen LogP contribution in [0.25, 0.3) is 0 Å². The van der Waals surface area contributed by atoms with E-state index in [2.05, 4.69) is 4.74 Å². The lowest BCUT2D eigenvalue weighted by atomic mass is 10.1. The number of rotatable bonds is 4. The minimum atomic E-state index is -2.04.